The molecular formula is C25H31ClO5. The van der Waals surface area contributed by atoms with Gasteiger partial charge in [0, 0.05) is 22.8 Å². The molecule has 5 nitrogen and oxygen atoms in total. The molecule has 0 aliphatic rings. The molecule has 0 aromatic heterocycles. The first-order chi connectivity index (χ1) is 14.8. The Labute approximate surface area is 189 Å². The molecule has 1 N–H and O–H groups in total. The Bertz CT molecular complexity index is 828. The minimum absolute atomic E-state index is 0.113. The van der Waals surface area contributed by atoms with Crippen LogP contribution in [0, 0.1) is 0 Å². The molecule has 0 unspecified atom stereocenters. The van der Waals surface area contributed by atoms with Crippen molar-refractivity contribution in [2.24, 2.45) is 0 Å². The maximum absolute atomic E-state index is 12.5. The molecule has 0 saturated heterocycles. The van der Waals surface area contributed by atoms with Gasteiger partial charge in [-0.2, -0.15) is 0 Å². The van der Waals surface area contributed by atoms with Crippen molar-refractivity contribution in [3.8, 4) is 5.75 Å². The van der Waals surface area contributed by atoms with Crippen LogP contribution in [0.3, 0.4) is 0 Å². The maximum Gasteiger partial charge on any atom is 0.349 e. The zero-order chi connectivity index (χ0) is 22.7. The summed E-state index contributed by atoms with van der Waals surface area (Å²) in [4.78, 5) is 24.9. The van der Waals surface area contributed by atoms with Crippen molar-refractivity contribution >= 4 is 23.4 Å². The topological polar surface area (TPSA) is 72.8 Å². The molecule has 31 heavy (non-hydrogen) atoms. The summed E-state index contributed by atoms with van der Waals surface area (Å²) in [6, 6.07) is 13.4. The highest BCUT2D eigenvalue weighted by molar-refractivity contribution is 6.30. The summed E-state index contributed by atoms with van der Waals surface area (Å²) in [6.07, 6.45) is 5.82. The van der Waals surface area contributed by atoms with Gasteiger partial charge in [0.25, 0.3) is 0 Å². The molecule has 0 fully saturated rings. The number of ketones is 1. The molecule has 168 valence electrons. The normalized spacial score (nSPS) is 11.2. The molecule has 0 saturated carbocycles. The Kier molecular flexibility index (Phi) is 10.0. The highest BCUT2D eigenvalue weighted by atomic mass is 35.5. The lowest BCUT2D eigenvalue weighted by Crippen LogP contribution is -2.39. The second-order valence-electron chi connectivity index (χ2n) is 7.95. The molecule has 0 amide bonds. The van der Waals surface area contributed by atoms with Gasteiger partial charge in [0.05, 0.1) is 6.61 Å². The van der Waals surface area contributed by atoms with E-state index in [-0.39, 0.29) is 12.4 Å². The molecule has 0 spiro atoms. The van der Waals surface area contributed by atoms with Gasteiger partial charge >= 0.3 is 5.97 Å². The minimum Gasteiger partial charge on any atom is -0.476 e. The van der Waals surface area contributed by atoms with Crippen molar-refractivity contribution < 1.29 is 24.2 Å². The lowest BCUT2D eigenvalue weighted by atomic mass is 10.0. The second kappa shape index (κ2) is 12.5. The van der Waals surface area contributed by atoms with Crippen molar-refractivity contribution in [3.63, 3.8) is 0 Å². The zero-order valence-electron chi connectivity index (χ0n) is 18.2. The summed E-state index contributed by atoms with van der Waals surface area (Å²) in [5, 5.41) is 9.33. The van der Waals surface area contributed by atoms with Crippen LogP contribution in [0.25, 0.3) is 0 Å². The number of carbonyl (C=O) groups is 2. The molecule has 0 aliphatic carbocycles. The highest BCUT2D eigenvalue weighted by Gasteiger charge is 2.31. The van der Waals surface area contributed by atoms with Crippen LogP contribution in [0.2, 0.25) is 5.02 Å². The van der Waals surface area contributed by atoms with Crippen LogP contribution in [0.1, 0.15) is 68.3 Å². The number of unbranched alkanes of at least 4 members (excludes halogenated alkanes) is 5. The van der Waals surface area contributed by atoms with Crippen molar-refractivity contribution in [3.05, 3.63) is 64.7 Å². The third kappa shape index (κ3) is 8.35. The highest BCUT2D eigenvalue weighted by Crippen LogP contribution is 2.22. The average Bonchev–Trinajstić information content (AvgIpc) is 2.75. The van der Waals surface area contributed by atoms with E-state index in [0.717, 1.165) is 38.5 Å². The monoisotopic (exact) mass is 446 g/mol. The third-order valence-corrected chi connectivity index (χ3v) is 5.13. The summed E-state index contributed by atoms with van der Waals surface area (Å²) in [6.45, 7) is 3.93. The fourth-order valence-electron chi connectivity index (χ4n) is 3.04. The molecule has 2 rings (SSSR count). The summed E-state index contributed by atoms with van der Waals surface area (Å²) in [5.74, 6) is -0.0502. The predicted octanol–water partition coefficient (Wildman–Crippen LogP) is 5.60. The standard InChI is InChI=1S/C25H31ClO5/c1-25(2,24(29)30-18-8-6-4-3-5-7-17-27)31-22-15-11-20(12-16-22)23(28)19-9-13-21(26)14-10-19/h9-16,27H,3-8,17-18H2,1-2H3. The Morgan fingerprint density at radius 2 is 1.35 bits per heavy atom. The van der Waals surface area contributed by atoms with E-state index in [4.69, 9.17) is 26.2 Å². The van der Waals surface area contributed by atoms with Crippen LogP contribution in [-0.2, 0) is 9.53 Å². The van der Waals surface area contributed by atoms with Crippen LogP contribution in [-0.4, -0.2) is 35.7 Å². The number of carbonyl (C=O) groups excluding carboxylic acids is 2. The van der Waals surface area contributed by atoms with Crippen molar-refractivity contribution in [1.82, 2.24) is 0 Å². The van der Waals surface area contributed by atoms with E-state index in [2.05, 4.69) is 0 Å². The Morgan fingerprint density at radius 3 is 1.94 bits per heavy atom. The van der Waals surface area contributed by atoms with Crippen LogP contribution in [0.15, 0.2) is 48.5 Å². The Hall–Kier alpha value is -2.37. The number of hydrogen-bond acceptors (Lipinski definition) is 5. The largest absolute Gasteiger partial charge is 0.476 e. The van der Waals surface area contributed by atoms with E-state index in [1.807, 2.05) is 0 Å². The molecule has 2 aromatic carbocycles. The van der Waals surface area contributed by atoms with Gasteiger partial charge in [0.2, 0.25) is 0 Å². The summed E-state index contributed by atoms with van der Waals surface area (Å²) in [7, 11) is 0. The number of aliphatic hydroxyl groups is 1. The number of hydrogen-bond donors (Lipinski definition) is 1. The fraction of sp³-hybridized carbons (Fsp3) is 0.440. The van der Waals surface area contributed by atoms with Crippen LogP contribution < -0.4 is 4.74 Å². The van der Waals surface area contributed by atoms with Gasteiger partial charge in [0.15, 0.2) is 11.4 Å². The van der Waals surface area contributed by atoms with Gasteiger partial charge in [0.1, 0.15) is 5.75 Å². The molecule has 6 heteroatoms. The number of aliphatic hydroxyl groups excluding tert-OH is 1. The van der Waals surface area contributed by atoms with Crippen molar-refractivity contribution in [1.29, 1.82) is 0 Å². The van der Waals surface area contributed by atoms with E-state index in [1.54, 1.807) is 62.4 Å². The SMILES string of the molecule is CC(C)(Oc1ccc(C(=O)c2ccc(Cl)cc2)cc1)C(=O)OCCCCCCCCO. The lowest BCUT2D eigenvalue weighted by Gasteiger charge is -2.24. The Morgan fingerprint density at radius 1 is 0.839 bits per heavy atom. The van der Waals surface area contributed by atoms with E-state index in [0.29, 0.717) is 28.5 Å². The number of esters is 1. The molecule has 0 atom stereocenters. The smallest absolute Gasteiger partial charge is 0.349 e. The first kappa shape index (κ1) is 24.9. The quantitative estimate of drug-likeness (QED) is 0.246. The fourth-order valence-corrected chi connectivity index (χ4v) is 3.16. The number of benzene rings is 2. The van der Waals surface area contributed by atoms with Crippen molar-refractivity contribution in [2.75, 3.05) is 13.2 Å². The average molecular weight is 447 g/mol. The van der Waals surface area contributed by atoms with Gasteiger partial charge in [-0.3, -0.25) is 4.79 Å². The molecule has 0 radical (unpaired) electrons. The molecule has 2 aromatic rings. The number of ether oxygens (including phenoxy) is 2. The first-order valence-electron chi connectivity index (χ1n) is 10.7. The number of rotatable bonds is 13. The van der Waals surface area contributed by atoms with E-state index < -0.39 is 11.6 Å². The molecule has 0 aliphatic heterocycles. The van der Waals surface area contributed by atoms with Crippen molar-refractivity contribution in [2.45, 2.75) is 58.0 Å². The van der Waals surface area contributed by atoms with E-state index >= 15 is 0 Å². The first-order valence-corrected chi connectivity index (χ1v) is 11.1. The maximum atomic E-state index is 12.5. The van der Waals surface area contributed by atoms with Gasteiger partial charge in [-0.15, -0.1) is 0 Å². The van der Waals surface area contributed by atoms with E-state index in [1.165, 1.54) is 0 Å². The van der Waals surface area contributed by atoms with Gasteiger partial charge in [-0.05, 0) is 75.2 Å². The predicted molar refractivity (Wildman–Crippen MR) is 122 cm³/mol. The van der Waals surface area contributed by atoms with Gasteiger partial charge < -0.3 is 14.6 Å². The summed E-state index contributed by atoms with van der Waals surface area (Å²) >= 11 is 5.87. The van der Waals surface area contributed by atoms with Crippen LogP contribution in [0.5, 0.6) is 5.75 Å². The van der Waals surface area contributed by atoms with Gasteiger partial charge in [-0.1, -0.05) is 37.3 Å². The number of halogens is 1. The zero-order valence-corrected chi connectivity index (χ0v) is 19.0. The van der Waals surface area contributed by atoms with E-state index in [9.17, 15) is 9.59 Å². The molecule has 0 heterocycles. The van der Waals surface area contributed by atoms with Crippen LogP contribution in [0.4, 0.5) is 0 Å². The summed E-state index contributed by atoms with van der Waals surface area (Å²) < 4.78 is 11.2. The molecule has 0 bridgehead atoms. The Balaban J connectivity index is 1.80. The minimum atomic E-state index is -1.14. The lowest BCUT2D eigenvalue weighted by molar-refractivity contribution is -0.159. The third-order valence-electron chi connectivity index (χ3n) is 4.87. The summed E-state index contributed by atoms with van der Waals surface area (Å²) in [5.41, 5.74) is -0.0625. The second-order valence-corrected chi connectivity index (χ2v) is 8.39. The van der Waals surface area contributed by atoms with Gasteiger partial charge in [-0.25, -0.2) is 4.79 Å². The van der Waals surface area contributed by atoms with Crippen LogP contribution >= 0.6 is 11.6 Å². The molecular weight excluding hydrogens is 416 g/mol.